The van der Waals surface area contributed by atoms with Crippen molar-refractivity contribution in [1.29, 1.82) is 0 Å². The van der Waals surface area contributed by atoms with Crippen LogP contribution in [0.1, 0.15) is 68.2 Å². The zero-order valence-electron chi connectivity index (χ0n) is 19.9. The van der Waals surface area contributed by atoms with Crippen LogP contribution in [0.4, 0.5) is 0 Å². The van der Waals surface area contributed by atoms with E-state index in [4.69, 9.17) is 4.74 Å². The molecule has 0 bridgehead atoms. The first-order valence-corrected chi connectivity index (χ1v) is 12.6. The van der Waals surface area contributed by atoms with Crippen LogP contribution in [0.15, 0.2) is 47.8 Å². The summed E-state index contributed by atoms with van der Waals surface area (Å²) in [5.74, 6) is 0.493. The minimum Gasteiger partial charge on any atom is -0.486 e. The second-order valence-corrected chi connectivity index (χ2v) is 9.94. The number of ether oxygens (including phenoxy) is 1. The molecule has 0 unspecified atom stereocenters. The van der Waals surface area contributed by atoms with E-state index in [0.717, 1.165) is 53.1 Å². The highest BCUT2D eigenvalue weighted by Gasteiger charge is 2.29. The number of amides is 2. The molecule has 6 nitrogen and oxygen atoms in total. The Kier molecular flexibility index (Phi) is 7.63. The van der Waals surface area contributed by atoms with Crippen LogP contribution < -0.4 is 15.4 Å². The van der Waals surface area contributed by atoms with Crippen LogP contribution in [0.5, 0.6) is 5.75 Å². The van der Waals surface area contributed by atoms with Gasteiger partial charge < -0.3 is 15.4 Å². The molecule has 178 valence electrons. The average molecular weight is 478 g/mol. The summed E-state index contributed by atoms with van der Waals surface area (Å²) in [6.45, 7) is 6.32. The van der Waals surface area contributed by atoms with Crippen LogP contribution in [-0.2, 0) is 6.61 Å². The Morgan fingerprint density at radius 1 is 0.971 bits per heavy atom. The maximum atomic E-state index is 12.9. The van der Waals surface area contributed by atoms with Gasteiger partial charge in [0.15, 0.2) is 0 Å². The Labute approximate surface area is 204 Å². The van der Waals surface area contributed by atoms with Gasteiger partial charge in [-0.05, 0) is 68.5 Å². The summed E-state index contributed by atoms with van der Waals surface area (Å²) >= 11 is 1.41. The predicted molar refractivity (Wildman–Crippen MR) is 135 cm³/mol. The van der Waals surface area contributed by atoms with Crippen molar-refractivity contribution in [3.8, 4) is 5.75 Å². The molecular formula is C27H31N3O3S. The third kappa shape index (κ3) is 6.03. The second-order valence-electron chi connectivity index (χ2n) is 9.00. The number of hydrogen-bond donors (Lipinski definition) is 2. The number of carbonyl (C=O) groups is 2. The van der Waals surface area contributed by atoms with E-state index >= 15 is 0 Å². The molecule has 0 radical (unpaired) electrons. The van der Waals surface area contributed by atoms with Crippen LogP contribution >= 0.6 is 11.3 Å². The first kappa shape index (κ1) is 24.0. The summed E-state index contributed by atoms with van der Waals surface area (Å²) in [7, 11) is 0. The molecule has 1 aliphatic rings. The molecule has 0 saturated heterocycles. The smallest absolute Gasteiger partial charge is 0.271 e. The number of aromatic nitrogens is 1. The van der Waals surface area contributed by atoms with Crippen LogP contribution in [0.2, 0.25) is 0 Å². The molecule has 1 aromatic heterocycles. The van der Waals surface area contributed by atoms with Gasteiger partial charge in [-0.15, -0.1) is 11.3 Å². The Balaban J connectivity index is 1.36. The van der Waals surface area contributed by atoms with Crippen molar-refractivity contribution >= 4 is 23.2 Å². The third-order valence-corrected chi connectivity index (χ3v) is 6.95. The number of benzene rings is 2. The SMILES string of the molecule is Cc1cc(C)cc(OCc2nc(C(=O)N[C@@H]3CCCC[C@H]3NC(=O)c3ccccc3C)cs2)c1. The fourth-order valence-corrected chi connectivity index (χ4v) is 5.12. The number of hydrogen-bond acceptors (Lipinski definition) is 5. The fraction of sp³-hybridized carbons (Fsp3) is 0.370. The summed E-state index contributed by atoms with van der Waals surface area (Å²) in [6.07, 6.45) is 3.72. The van der Waals surface area contributed by atoms with Crippen molar-refractivity contribution in [3.05, 3.63) is 80.8 Å². The Hall–Kier alpha value is -3.19. The zero-order chi connectivity index (χ0) is 24.1. The maximum absolute atomic E-state index is 12.9. The van der Waals surface area contributed by atoms with E-state index in [2.05, 4.69) is 21.7 Å². The summed E-state index contributed by atoms with van der Waals surface area (Å²) in [5, 5.41) is 8.76. The number of rotatable bonds is 7. The minimum atomic E-state index is -0.212. The quantitative estimate of drug-likeness (QED) is 0.495. The molecule has 7 heteroatoms. The molecule has 1 fully saturated rings. The molecule has 3 aromatic rings. The molecule has 2 aromatic carbocycles. The normalized spacial score (nSPS) is 17.7. The van der Waals surface area contributed by atoms with Crippen LogP contribution in [-0.4, -0.2) is 28.9 Å². The van der Waals surface area contributed by atoms with E-state index in [0.29, 0.717) is 17.9 Å². The van der Waals surface area contributed by atoms with E-state index in [1.54, 1.807) is 5.38 Å². The standard InChI is InChI=1S/C27H31N3O3S/c1-17-12-18(2)14-20(13-17)33-15-25-28-24(16-34-25)27(32)30-23-11-7-6-10-22(23)29-26(31)21-9-5-4-8-19(21)3/h4-5,8-9,12-14,16,22-23H,6-7,10-11,15H2,1-3H3,(H,29,31)(H,30,32)/t22-,23-/m1/s1. The van der Waals surface area contributed by atoms with Crippen molar-refractivity contribution in [2.24, 2.45) is 0 Å². The Morgan fingerprint density at radius 2 is 1.62 bits per heavy atom. The molecule has 2 amide bonds. The summed E-state index contributed by atoms with van der Waals surface area (Å²) in [6, 6.07) is 13.4. The molecule has 1 saturated carbocycles. The lowest BCUT2D eigenvalue weighted by molar-refractivity contribution is 0.0860. The van der Waals surface area contributed by atoms with Crippen LogP contribution in [0.25, 0.3) is 0 Å². The van der Waals surface area contributed by atoms with Crippen molar-refractivity contribution in [1.82, 2.24) is 15.6 Å². The van der Waals surface area contributed by atoms with Gasteiger partial charge in [0.25, 0.3) is 11.8 Å². The summed E-state index contributed by atoms with van der Waals surface area (Å²) < 4.78 is 5.88. The number of carbonyl (C=O) groups excluding carboxylic acids is 2. The Morgan fingerprint density at radius 3 is 2.29 bits per heavy atom. The number of nitrogens with one attached hydrogen (secondary N) is 2. The molecule has 0 aliphatic heterocycles. The Bertz CT molecular complexity index is 1150. The molecule has 1 heterocycles. The zero-order valence-corrected chi connectivity index (χ0v) is 20.7. The highest BCUT2D eigenvalue weighted by atomic mass is 32.1. The lowest BCUT2D eigenvalue weighted by atomic mass is 9.89. The topological polar surface area (TPSA) is 80.3 Å². The van der Waals surface area contributed by atoms with Crippen molar-refractivity contribution in [2.45, 2.75) is 65.1 Å². The number of aryl methyl sites for hydroxylation is 3. The van der Waals surface area contributed by atoms with Gasteiger partial charge in [-0.3, -0.25) is 9.59 Å². The highest BCUT2D eigenvalue weighted by molar-refractivity contribution is 7.09. The largest absolute Gasteiger partial charge is 0.486 e. The molecule has 4 rings (SSSR count). The van der Waals surface area contributed by atoms with Gasteiger partial charge in [0.1, 0.15) is 23.1 Å². The van der Waals surface area contributed by atoms with E-state index in [1.807, 2.05) is 57.2 Å². The second kappa shape index (κ2) is 10.8. The van der Waals surface area contributed by atoms with Gasteiger partial charge in [0, 0.05) is 23.0 Å². The first-order chi connectivity index (χ1) is 16.4. The molecule has 0 spiro atoms. The highest BCUT2D eigenvalue weighted by Crippen LogP contribution is 2.22. The number of thiazole rings is 1. The average Bonchev–Trinajstić information content (AvgIpc) is 3.28. The van der Waals surface area contributed by atoms with Crippen LogP contribution in [0.3, 0.4) is 0 Å². The molecule has 34 heavy (non-hydrogen) atoms. The van der Waals surface area contributed by atoms with Gasteiger partial charge in [0.05, 0.1) is 0 Å². The van der Waals surface area contributed by atoms with E-state index < -0.39 is 0 Å². The number of nitrogens with zero attached hydrogens (tertiary/aromatic N) is 1. The van der Waals surface area contributed by atoms with Crippen molar-refractivity contribution in [2.75, 3.05) is 0 Å². The van der Waals surface area contributed by atoms with Gasteiger partial charge >= 0.3 is 0 Å². The molecular weight excluding hydrogens is 446 g/mol. The van der Waals surface area contributed by atoms with Crippen molar-refractivity contribution < 1.29 is 14.3 Å². The van der Waals surface area contributed by atoms with Gasteiger partial charge in [0.2, 0.25) is 0 Å². The molecule has 2 atom stereocenters. The van der Waals surface area contributed by atoms with Crippen molar-refractivity contribution in [3.63, 3.8) is 0 Å². The lowest BCUT2D eigenvalue weighted by Crippen LogP contribution is -2.53. The lowest BCUT2D eigenvalue weighted by Gasteiger charge is -2.32. The van der Waals surface area contributed by atoms with E-state index in [9.17, 15) is 9.59 Å². The minimum absolute atomic E-state index is 0.0938. The summed E-state index contributed by atoms with van der Waals surface area (Å²) in [4.78, 5) is 30.2. The first-order valence-electron chi connectivity index (χ1n) is 11.7. The van der Waals surface area contributed by atoms with Gasteiger partial charge in [-0.2, -0.15) is 0 Å². The van der Waals surface area contributed by atoms with Crippen LogP contribution in [0, 0.1) is 20.8 Å². The molecule has 1 aliphatic carbocycles. The maximum Gasteiger partial charge on any atom is 0.271 e. The third-order valence-electron chi connectivity index (χ3n) is 6.13. The van der Waals surface area contributed by atoms with E-state index in [1.165, 1.54) is 11.3 Å². The van der Waals surface area contributed by atoms with Gasteiger partial charge in [-0.1, -0.05) is 37.1 Å². The van der Waals surface area contributed by atoms with E-state index in [-0.39, 0.29) is 23.9 Å². The van der Waals surface area contributed by atoms with Gasteiger partial charge in [-0.25, -0.2) is 4.98 Å². The fourth-order valence-electron chi connectivity index (χ4n) is 4.44. The summed E-state index contributed by atoms with van der Waals surface area (Å²) in [5.41, 5.74) is 4.29. The monoisotopic (exact) mass is 477 g/mol. The molecule has 2 N–H and O–H groups in total. The predicted octanol–water partition coefficient (Wildman–Crippen LogP) is 5.12.